The molecular formula is C23H25N3O2S. The fourth-order valence-electron chi connectivity index (χ4n) is 3.87. The lowest BCUT2D eigenvalue weighted by Gasteiger charge is -2.32. The highest BCUT2D eigenvalue weighted by Crippen LogP contribution is 2.28. The Hall–Kier alpha value is -2.73. The van der Waals surface area contributed by atoms with Crippen LogP contribution in [0.3, 0.4) is 0 Å². The topological polar surface area (TPSA) is 55.3 Å². The number of piperidine rings is 1. The number of carbonyl (C=O) groups is 1. The molecule has 0 spiro atoms. The molecule has 0 unspecified atom stereocenters. The van der Waals surface area contributed by atoms with Crippen molar-refractivity contribution in [3.8, 4) is 5.75 Å². The quantitative estimate of drug-likeness (QED) is 0.626. The largest absolute Gasteiger partial charge is 0.497 e. The summed E-state index contributed by atoms with van der Waals surface area (Å²) in [6.07, 6.45) is 2.82. The third-order valence-electron chi connectivity index (χ3n) is 5.41. The predicted molar refractivity (Wildman–Crippen MR) is 115 cm³/mol. The molecule has 0 saturated carbocycles. The van der Waals surface area contributed by atoms with Gasteiger partial charge in [-0.25, -0.2) is 4.98 Å². The predicted octanol–water partition coefficient (Wildman–Crippen LogP) is 4.47. The number of aryl methyl sites for hydroxylation is 1. The fraction of sp³-hybridized carbons (Fsp3) is 0.348. The second kappa shape index (κ2) is 8.74. The van der Waals surface area contributed by atoms with Crippen molar-refractivity contribution in [3.63, 3.8) is 0 Å². The van der Waals surface area contributed by atoms with Gasteiger partial charge in [-0.15, -0.1) is 11.3 Å². The van der Waals surface area contributed by atoms with E-state index in [0.717, 1.165) is 53.5 Å². The Morgan fingerprint density at radius 1 is 1.28 bits per heavy atom. The summed E-state index contributed by atoms with van der Waals surface area (Å²) >= 11 is 1.43. The highest BCUT2D eigenvalue weighted by Gasteiger charge is 2.28. The van der Waals surface area contributed by atoms with Gasteiger partial charge in [-0.05, 0) is 49.6 Å². The Bertz CT molecular complexity index is 1000. The van der Waals surface area contributed by atoms with Gasteiger partial charge >= 0.3 is 0 Å². The van der Waals surface area contributed by atoms with Gasteiger partial charge < -0.3 is 9.64 Å². The van der Waals surface area contributed by atoms with Gasteiger partial charge in [0.05, 0.1) is 18.3 Å². The highest BCUT2D eigenvalue weighted by molar-refractivity contribution is 7.11. The minimum absolute atomic E-state index is 0.0993. The molecule has 6 heteroatoms. The minimum atomic E-state index is 0.0993. The van der Waals surface area contributed by atoms with E-state index in [0.29, 0.717) is 6.54 Å². The zero-order chi connectivity index (χ0) is 20.2. The summed E-state index contributed by atoms with van der Waals surface area (Å²) < 4.78 is 5.32. The maximum absolute atomic E-state index is 12.9. The van der Waals surface area contributed by atoms with Crippen molar-refractivity contribution in [2.45, 2.75) is 32.1 Å². The van der Waals surface area contributed by atoms with Gasteiger partial charge in [0, 0.05) is 36.8 Å². The van der Waals surface area contributed by atoms with Crippen molar-refractivity contribution >= 4 is 17.2 Å². The van der Waals surface area contributed by atoms with Crippen LogP contribution in [-0.4, -0.2) is 41.0 Å². The van der Waals surface area contributed by atoms with Crippen LogP contribution in [0.2, 0.25) is 0 Å². The molecule has 0 radical (unpaired) electrons. The third kappa shape index (κ3) is 4.48. The molecular weight excluding hydrogens is 382 g/mol. The number of carbonyl (C=O) groups excluding carboxylic acids is 1. The molecule has 5 nitrogen and oxygen atoms in total. The van der Waals surface area contributed by atoms with Crippen LogP contribution < -0.4 is 4.74 Å². The fourth-order valence-corrected chi connectivity index (χ4v) is 4.64. The molecule has 0 N–H and O–H groups in total. The number of hydrogen-bond acceptors (Lipinski definition) is 5. The Morgan fingerprint density at radius 3 is 2.93 bits per heavy atom. The standard InChI is InChI=1S/C23H25N3O2S/c1-16-22(29-15-24-16)23(27)26-11-5-7-18(14-26)21-10-4-8-19(25-21)12-17-6-3-9-20(13-17)28-2/h3-4,6,8-10,13,15,18H,5,7,11-12,14H2,1-2H3/t18-/m1/s1. The molecule has 1 saturated heterocycles. The van der Waals surface area contributed by atoms with Crippen LogP contribution in [0, 0.1) is 6.92 Å². The summed E-state index contributed by atoms with van der Waals surface area (Å²) in [6.45, 7) is 3.41. The molecule has 3 heterocycles. The molecule has 0 aliphatic carbocycles. The lowest BCUT2D eigenvalue weighted by atomic mass is 9.93. The summed E-state index contributed by atoms with van der Waals surface area (Å²) in [5, 5.41) is 0. The number of likely N-dealkylation sites (tertiary alicyclic amines) is 1. The van der Waals surface area contributed by atoms with E-state index in [-0.39, 0.29) is 11.8 Å². The lowest BCUT2D eigenvalue weighted by Crippen LogP contribution is -2.39. The lowest BCUT2D eigenvalue weighted by molar-refractivity contribution is 0.0710. The normalized spacial score (nSPS) is 16.6. The van der Waals surface area contributed by atoms with Crippen LogP contribution in [0.15, 0.2) is 48.0 Å². The number of aromatic nitrogens is 2. The van der Waals surface area contributed by atoms with Crippen molar-refractivity contribution in [2.24, 2.45) is 0 Å². The van der Waals surface area contributed by atoms with Gasteiger partial charge in [0.15, 0.2) is 0 Å². The van der Waals surface area contributed by atoms with Crippen LogP contribution in [0.25, 0.3) is 0 Å². The van der Waals surface area contributed by atoms with Crippen molar-refractivity contribution in [3.05, 3.63) is 75.5 Å². The Morgan fingerprint density at radius 2 is 2.14 bits per heavy atom. The van der Waals surface area contributed by atoms with E-state index in [9.17, 15) is 4.79 Å². The maximum atomic E-state index is 12.9. The first-order valence-electron chi connectivity index (χ1n) is 9.92. The van der Waals surface area contributed by atoms with Crippen LogP contribution in [0.4, 0.5) is 0 Å². The average molecular weight is 408 g/mol. The molecule has 1 aliphatic heterocycles. The van der Waals surface area contributed by atoms with E-state index in [1.54, 1.807) is 12.6 Å². The van der Waals surface area contributed by atoms with Gasteiger partial charge in [-0.2, -0.15) is 0 Å². The summed E-state index contributed by atoms with van der Waals surface area (Å²) in [5.41, 5.74) is 5.85. The number of amides is 1. The Labute approximate surface area is 175 Å². The van der Waals surface area contributed by atoms with Crippen molar-refractivity contribution in [1.82, 2.24) is 14.9 Å². The van der Waals surface area contributed by atoms with E-state index in [1.165, 1.54) is 16.9 Å². The molecule has 0 bridgehead atoms. The van der Waals surface area contributed by atoms with Gasteiger partial charge in [0.1, 0.15) is 10.6 Å². The zero-order valence-corrected chi connectivity index (χ0v) is 17.6. The second-order valence-electron chi connectivity index (χ2n) is 7.44. The molecule has 1 fully saturated rings. The Kier molecular flexibility index (Phi) is 5.90. The van der Waals surface area contributed by atoms with Crippen LogP contribution in [0.1, 0.15) is 51.1 Å². The minimum Gasteiger partial charge on any atom is -0.497 e. The number of hydrogen-bond donors (Lipinski definition) is 0. The molecule has 3 aromatic rings. The van der Waals surface area contributed by atoms with Crippen LogP contribution in [-0.2, 0) is 6.42 Å². The Balaban J connectivity index is 1.48. The summed E-state index contributed by atoms with van der Waals surface area (Å²) in [6, 6.07) is 14.3. The van der Waals surface area contributed by atoms with Crippen LogP contribution >= 0.6 is 11.3 Å². The molecule has 1 aromatic carbocycles. The number of rotatable bonds is 5. The summed E-state index contributed by atoms with van der Waals surface area (Å²) in [7, 11) is 1.68. The first-order chi connectivity index (χ1) is 14.1. The number of pyridine rings is 1. The third-order valence-corrected chi connectivity index (χ3v) is 6.33. The van der Waals surface area contributed by atoms with E-state index in [1.807, 2.05) is 30.0 Å². The zero-order valence-electron chi connectivity index (χ0n) is 16.8. The summed E-state index contributed by atoms with van der Waals surface area (Å²) in [5.74, 6) is 1.23. The van der Waals surface area contributed by atoms with Crippen molar-refractivity contribution < 1.29 is 9.53 Å². The van der Waals surface area contributed by atoms with Gasteiger partial charge in [-0.3, -0.25) is 9.78 Å². The van der Waals surface area contributed by atoms with Gasteiger partial charge in [0.25, 0.3) is 5.91 Å². The average Bonchev–Trinajstić information content (AvgIpc) is 3.19. The molecule has 29 heavy (non-hydrogen) atoms. The number of nitrogens with zero attached hydrogens (tertiary/aromatic N) is 3. The molecule has 1 aliphatic rings. The van der Waals surface area contributed by atoms with E-state index < -0.39 is 0 Å². The SMILES string of the molecule is COc1cccc(Cc2cccc([C@@H]3CCCN(C(=O)c4scnc4C)C3)n2)c1. The molecule has 150 valence electrons. The number of benzene rings is 1. The number of thiazole rings is 1. The van der Waals surface area contributed by atoms with Gasteiger partial charge in [0.2, 0.25) is 0 Å². The van der Waals surface area contributed by atoms with Gasteiger partial charge in [-0.1, -0.05) is 18.2 Å². The molecule has 1 amide bonds. The van der Waals surface area contributed by atoms with E-state index >= 15 is 0 Å². The first kappa shape index (κ1) is 19.6. The molecule has 4 rings (SSSR count). The van der Waals surface area contributed by atoms with E-state index in [2.05, 4.69) is 29.2 Å². The smallest absolute Gasteiger partial charge is 0.265 e. The first-order valence-corrected chi connectivity index (χ1v) is 10.8. The maximum Gasteiger partial charge on any atom is 0.265 e. The van der Waals surface area contributed by atoms with E-state index in [4.69, 9.17) is 9.72 Å². The van der Waals surface area contributed by atoms with Crippen LogP contribution in [0.5, 0.6) is 5.75 Å². The highest BCUT2D eigenvalue weighted by atomic mass is 32.1. The van der Waals surface area contributed by atoms with Crippen molar-refractivity contribution in [1.29, 1.82) is 0 Å². The van der Waals surface area contributed by atoms with Crippen molar-refractivity contribution in [2.75, 3.05) is 20.2 Å². The summed E-state index contributed by atoms with van der Waals surface area (Å²) in [4.78, 5) is 24.8. The second-order valence-corrected chi connectivity index (χ2v) is 8.29. The molecule has 2 aromatic heterocycles. The number of methoxy groups -OCH3 is 1. The monoisotopic (exact) mass is 407 g/mol. The number of ether oxygens (including phenoxy) is 1. The molecule has 1 atom stereocenters.